The van der Waals surface area contributed by atoms with Crippen molar-refractivity contribution in [3.05, 3.63) is 74.6 Å². The van der Waals surface area contributed by atoms with Crippen LogP contribution in [0.1, 0.15) is 27.8 Å². The molecule has 3 nitrogen and oxygen atoms in total. The van der Waals surface area contributed by atoms with Crippen LogP contribution in [0.15, 0.2) is 59.3 Å². The fourth-order valence-electron chi connectivity index (χ4n) is 3.38. The van der Waals surface area contributed by atoms with Gasteiger partial charge in [-0.1, -0.05) is 24.3 Å². The Hall–Kier alpha value is -1.95. The van der Waals surface area contributed by atoms with Crippen molar-refractivity contribution >= 4 is 34.3 Å². The number of thiophene rings is 2. The van der Waals surface area contributed by atoms with Crippen LogP contribution >= 0.6 is 22.7 Å². The van der Waals surface area contributed by atoms with Gasteiger partial charge in [-0.25, -0.2) is 0 Å². The van der Waals surface area contributed by atoms with E-state index >= 15 is 0 Å². The summed E-state index contributed by atoms with van der Waals surface area (Å²) in [6, 6.07) is 16.5. The van der Waals surface area contributed by atoms with Crippen LogP contribution in [0.5, 0.6) is 0 Å². The first-order valence-corrected chi connectivity index (χ1v) is 10.3. The predicted molar refractivity (Wildman–Crippen MR) is 105 cm³/mol. The summed E-state index contributed by atoms with van der Waals surface area (Å²) in [5.41, 5.74) is 2.28. The summed E-state index contributed by atoms with van der Waals surface area (Å²) < 4.78 is 0. The fraction of sp³-hybridized carbons (Fsp3) is 0.250. The molecule has 2 aromatic heterocycles. The number of hydrogen-bond donors (Lipinski definition) is 1. The van der Waals surface area contributed by atoms with Gasteiger partial charge in [0.1, 0.15) is 0 Å². The van der Waals surface area contributed by atoms with Gasteiger partial charge < -0.3 is 5.32 Å². The molecule has 1 atom stereocenters. The fourth-order valence-corrected chi connectivity index (χ4v) is 5.16. The van der Waals surface area contributed by atoms with Crippen molar-refractivity contribution in [1.29, 1.82) is 0 Å². The maximum absolute atomic E-state index is 12.3. The van der Waals surface area contributed by atoms with E-state index in [0.29, 0.717) is 12.5 Å². The normalized spacial score (nSPS) is 17.2. The zero-order chi connectivity index (χ0) is 17.1. The smallest absolute Gasteiger partial charge is 0.225 e. The first-order chi connectivity index (χ1) is 12.3. The molecule has 1 aliphatic heterocycles. The van der Waals surface area contributed by atoms with E-state index in [1.165, 1.54) is 15.3 Å². The molecule has 4 rings (SSSR count). The molecule has 3 heterocycles. The Labute approximate surface area is 155 Å². The summed E-state index contributed by atoms with van der Waals surface area (Å²) in [4.78, 5) is 17.6. The van der Waals surface area contributed by atoms with E-state index in [9.17, 15) is 4.79 Å². The number of anilines is 1. The average molecular weight is 369 g/mol. The molecular formula is C20H20N2OS2. The Morgan fingerprint density at radius 2 is 1.96 bits per heavy atom. The van der Waals surface area contributed by atoms with Crippen LogP contribution < -0.4 is 5.32 Å². The molecule has 0 saturated carbocycles. The lowest BCUT2D eigenvalue weighted by atomic mass is 9.98. The number of amides is 1. The third kappa shape index (κ3) is 3.68. The van der Waals surface area contributed by atoms with Crippen LogP contribution in [0.3, 0.4) is 0 Å². The Morgan fingerprint density at radius 3 is 2.76 bits per heavy atom. The van der Waals surface area contributed by atoms with Gasteiger partial charge in [0.15, 0.2) is 0 Å². The minimum atomic E-state index is 0.0762. The SMILES string of the molecule is O=C(CCN1CCc2sccc2C1c1cccs1)Nc1ccccc1. The largest absolute Gasteiger partial charge is 0.326 e. The molecular weight excluding hydrogens is 348 g/mol. The second-order valence-electron chi connectivity index (χ2n) is 6.17. The van der Waals surface area contributed by atoms with E-state index in [0.717, 1.165) is 25.2 Å². The number of carbonyl (C=O) groups is 1. The van der Waals surface area contributed by atoms with Crippen molar-refractivity contribution < 1.29 is 4.79 Å². The number of carbonyl (C=O) groups excluding carboxylic acids is 1. The molecule has 3 aromatic rings. The van der Waals surface area contributed by atoms with Crippen molar-refractivity contribution in [1.82, 2.24) is 4.90 Å². The van der Waals surface area contributed by atoms with Crippen LogP contribution in [0.4, 0.5) is 5.69 Å². The number of benzene rings is 1. The van der Waals surface area contributed by atoms with E-state index in [4.69, 9.17) is 0 Å². The Bertz CT molecular complexity index is 827. The molecule has 1 aliphatic rings. The van der Waals surface area contributed by atoms with Crippen LogP contribution in [0, 0.1) is 0 Å². The average Bonchev–Trinajstić information content (AvgIpc) is 3.32. The lowest BCUT2D eigenvalue weighted by molar-refractivity contribution is -0.116. The number of nitrogens with zero attached hydrogens (tertiary/aromatic N) is 1. The molecule has 0 saturated heterocycles. The van der Waals surface area contributed by atoms with E-state index in [1.54, 1.807) is 11.3 Å². The minimum absolute atomic E-state index is 0.0762. The molecule has 0 bridgehead atoms. The monoisotopic (exact) mass is 368 g/mol. The van der Waals surface area contributed by atoms with Gasteiger partial charge in [-0.15, -0.1) is 22.7 Å². The highest BCUT2D eigenvalue weighted by molar-refractivity contribution is 7.10. The van der Waals surface area contributed by atoms with Crippen molar-refractivity contribution in [3.8, 4) is 0 Å². The zero-order valence-electron chi connectivity index (χ0n) is 13.9. The van der Waals surface area contributed by atoms with Gasteiger partial charge in [0.05, 0.1) is 6.04 Å². The van der Waals surface area contributed by atoms with Crippen molar-refractivity contribution in [2.45, 2.75) is 18.9 Å². The van der Waals surface area contributed by atoms with E-state index in [-0.39, 0.29) is 5.91 Å². The highest BCUT2D eigenvalue weighted by Gasteiger charge is 2.30. The van der Waals surface area contributed by atoms with Crippen LogP contribution in [0.25, 0.3) is 0 Å². The van der Waals surface area contributed by atoms with Crippen LogP contribution in [0.2, 0.25) is 0 Å². The number of nitrogens with one attached hydrogen (secondary N) is 1. The molecule has 1 aromatic carbocycles. The maximum atomic E-state index is 12.3. The summed E-state index contributed by atoms with van der Waals surface area (Å²) in [6.07, 6.45) is 1.59. The summed E-state index contributed by atoms with van der Waals surface area (Å²) in [5, 5.41) is 7.31. The van der Waals surface area contributed by atoms with Crippen LogP contribution in [-0.4, -0.2) is 23.9 Å². The van der Waals surface area contributed by atoms with Gasteiger partial charge in [0.2, 0.25) is 5.91 Å². The van der Waals surface area contributed by atoms with E-state index < -0.39 is 0 Å². The highest BCUT2D eigenvalue weighted by Crippen LogP contribution is 2.39. The minimum Gasteiger partial charge on any atom is -0.326 e. The molecule has 128 valence electrons. The maximum Gasteiger partial charge on any atom is 0.225 e. The van der Waals surface area contributed by atoms with Crippen molar-refractivity contribution in [2.75, 3.05) is 18.4 Å². The van der Waals surface area contributed by atoms with E-state index in [2.05, 4.69) is 39.2 Å². The second-order valence-corrected chi connectivity index (χ2v) is 8.15. The lowest BCUT2D eigenvalue weighted by Crippen LogP contribution is -2.37. The second kappa shape index (κ2) is 7.52. The quantitative estimate of drug-likeness (QED) is 0.702. The third-order valence-electron chi connectivity index (χ3n) is 4.56. The van der Waals surface area contributed by atoms with Crippen molar-refractivity contribution in [3.63, 3.8) is 0 Å². The molecule has 1 amide bonds. The predicted octanol–water partition coefficient (Wildman–Crippen LogP) is 4.79. The molecule has 0 spiro atoms. The summed E-state index contributed by atoms with van der Waals surface area (Å²) in [5.74, 6) is 0.0762. The van der Waals surface area contributed by atoms with Gasteiger partial charge in [0, 0.05) is 35.0 Å². The first kappa shape index (κ1) is 16.5. The number of para-hydroxylation sites is 1. The van der Waals surface area contributed by atoms with Gasteiger partial charge >= 0.3 is 0 Å². The molecule has 0 aliphatic carbocycles. The van der Waals surface area contributed by atoms with Gasteiger partial charge in [-0.2, -0.15) is 0 Å². The third-order valence-corrected chi connectivity index (χ3v) is 6.48. The van der Waals surface area contributed by atoms with Crippen LogP contribution in [-0.2, 0) is 11.2 Å². The van der Waals surface area contributed by atoms with Gasteiger partial charge in [-0.05, 0) is 47.0 Å². The molecule has 0 fully saturated rings. The van der Waals surface area contributed by atoms with Gasteiger partial charge in [-0.3, -0.25) is 9.69 Å². The van der Waals surface area contributed by atoms with E-state index in [1.807, 2.05) is 41.7 Å². The molecule has 1 N–H and O–H groups in total. The number of fused-ring (bicyclic) bond motifs is 1. The van der Waals surface area contributed by atoms with Crippen molar-refractivity contribution in [2.24, 2.45) is 0 Å². The Kier molecular flexibility index (Phi) is 4.97. The number of rotatable bonds is 5. The summed E-state index contributed by atoms with van der Waals surface area (Å²) >= 11 is 3.65. The summed E-state index contributed by atoms with van der Waals surface area (Å²) in [7, 11) is 0. The zero-order valence-corrected chi connectivity index (χ0v) is 15.5. The van der Waals surface area contributed by atoms with Gasteiger partial charge in [0.25, 0.3) is 0 Å². The standard InChI is InChI=1S/C20H20N2OS2/c23-19(21-15-5-2-1-3-6-15)9-12-22-11-8-17-16(10-14-25-17)20(22)18-7-4-13-24-18/h1-7,10,13-14,20H,8-9,11-12H2,(H,21,23). The number of hydrogen-bond acceptors (Lipinski definition) is 4. The Balaban J connectivity index is 1.45. The first-order valence-electron chi connectivity index (χ1n) is 8.50. The molecule has 5 heteroatoms. The highest BCUT2D eigenvalue weighted by atomic mass is 32.1. The Morgan fingerprint density at radius 1 is 1.08 bits per heavy atom. The topological polar surface area (TPSA) is 32.3 Å². The lowest BCUT2D eigenvalue weighted by Gasteiger charge is -2.35. The molecule has 1 unspecified atom stereocenters. The molecule has 0 radical (unpaired) electrons. The molecule has 25 heavy (non-hydrogen) atoms. The summed E-state index contributed by atoms with van der Waals surface area (Å²) in [6.45, 7) is 1.78.